The van der Waals surface area contributed by atoms with Crippen LogP contribution in [0.2, 0.25) is 0 Å². The summed E-state index contributed by atoms with van der Waals surface area (Å²) in [5.41, 5.74) is 1.24. The van der Waals surface area contributed by atoms with Gasteiger partial charge in [0.2, 0.25) is 0 Å². The Hall–Kier alpha value is -2.44. The van der Waals surface area contributed by atoms with Gasteiger partial charge in [0.1, 0.15) is 25.6 Å². The summed E-state index contributed by atoms with van der Waals surface area (Å²) in [5, 5.41) is 0. The molecule has 0 spiro atoms. The van der Waals surface area contributed by atoms with E-state index < -0.39 is 5.41 Å². The van der Waals surface area contributed by atoms with Crippen LogP contribution >= 0.6 is 0 Å². The summed E-state index contributed by atoms with van der Waals surface area (Å²) in [7, 11) is 0. The lowest BCUT2D eigenvalue weighted by Crippen LogP contribution is -2.56. The van der Waals surface area contributed by atoms with Crippen LogP contribution in [0.5, 0.6) is 0 Å². The Bertz CT molecular complexity index is 840. The molecule has 0 heterocycles. The quantitative estimate of drug-likeness (QED) is 0.286. The Labute approximate surface area is 196 Å². The Morgan fingerprint density at radius 2 is 1.67 bits per heavy atom. The summed E-state index contributed by atoms with van der Waals surface area (Å²) in [5.74, 6) is -0.757. The summed E-state index contributed by atoms with van der Waals surface area (Å²) < 4.78 is 15.7. The van der Waals surface area contributed by atoms with Gasteiger partial charge in [-0.3, -0.25) is 19.2 Å². The summed E-state index contributed by atoms with van der Waals surface area (Å²) in [6.45, 7) is 10.9. The third kappa shape index (κ3) is 6.55. The maximum atomic E-state index is 13.0. The molecule has 0 radical (unpaired) electrons. The van der Waals surface area contributed by atoms with Crippen molar-refractivity contribution in [1.29, 1.82) is 0 Å². The van der Waals surface area contributed by atoms with Crippen molar-refractivity contribution in [3.63, 3.8) is 0 Å². The molecule has 2 aliphatic carbocycles. The molecular weight excluding hydrogens is 424 g/mol. The number of carbonyl (C=O) groups excluding carboxylic acids is 4. The van der Waals surface area contributed by atoms with Gasteiger partial charge in [0.15, 0.2) is 0 Å². The molecular formula is C26H38O7. The third-order valence-corrected chi connectivity index (χ3v) is 7.52. The van der Waals surface area contributed by atoms with Crippen LogP contribution < -0.4 is 0 Å². The topological polar surface area (TPSA) is 96.0 Å². The molecule has 33 heavy (non-hydrogen) atoms. The summed E-state index contributed by atoms with van der Waals surface area (Å²) in [6, 6.07) is 0. The number of hydrogen-bond donors (Lipinski definition) is 0. The lowest BCUT2D eigenvalue weighted by atomic mass is 9.47. The minimum atomic E-state index is -0.749. The number of rotatable bonds is 9. The van der Waals surface area contributed by atoms with Gasteiger partial charge in [-0.15, -0.1) is 0 Å². The number of ether oxygens (including phenoxy) is 3. The predicted molar refractivity (Wildman–Crippen MR) is 123 cm³/mol. The van der Waals surface area contributed by atoms with Crippen molar-refractivity contribution in [3.05, 3.63) is 23.3 Å². The zero-order chi connectivity index (χ0) is 24.8. The van der Waals surface area contributed by atoms with Gasteiger partial charge in [0.25, 0.3) is 0 Å². The van der Waals surface area contributed by atoms with Crippen molar-refractivity contribution in [3.8, 4) is 0 Å². The Morgan fingerprint density at radius 3 is 2.27 bits per heavy atom. The summed E-state index contributed by atoms with van der Waals surface area (Å²) >= 11 is 0. The van der Waals surface area contributed by atoms with E-state index in [1.807, 2.05) is 19.9 Å². The molecule has 2 aliphatic rings. The molecule has 0 aromatic carbocycles. The van der Waals surface area contributed by atoms with Crippen LogP contribution in [0.3, 0.4) is 0 Å². The smallest absolute Gasteiger partial charge is 0.302 e. The highest BCUT2D eigenvalue weighted by Gasteiger charge is 2.58. The molecule has 2 rings (SSSR count). The molecule has 1 saturated carbocycles. The first-order valence-corrected chi connectivity index (χ1v) is 11.7. The van der Waals surface area contributed by atoms with Crippen molar-refractivity contribution in [1.82, 2.24) is 0 Å². The zero-order valence-corrected chi connectivity index (χ0v) is 20.8. The van der Waals surface area contributed by atoms with Gasteiger partial charge in [0, 0.05) is 27.2 Å². The molecule has 0 bridgehead atoms. The van der Waals surface area contributed by atoms with Crippen molar-refractivity contribution >= 4 is 23.7 Å². The second-order valence-corrected chi connectivity index (χ2v) is 9.92. The van der Waals surface area contributed by atoms with Gasteiger partial charge in [-0.2, -0.15) is 0 Å². The highest BCUT2D eigenvalue weighted by Crippen LogP contribution is 2.59. The molecule has 0 aliphatic heterocycles. The molecule has 0 saturated heterocycles. The SMILES string of the molecule is CC(=O)OCC=C(C)CCC1C(COC(C)=O)=CCC2C(C)(COC(C)=O)C(=O)CCC12C. The van der Waals surface area contributed by atoms with Gasteiger partial charge in [-0.05, 0) is 68.4 Å². The van der Waals surface area contributed by atoms with E-state index in [2.05, 4.69) is 13.0 Å². The highest BCUT2D eigenvalue weighted by molar-refractivity contribution is 5.86. The van der Waals surface area contributed by atoms with Crippen LogP contribution in [0.4, 0.5) is 0 Å². The van der Waals surface area contributed by atoms with Crippen LogP contribution in [-0.4, -0.2) is 43.5 Å². The second-order valence-electron chi connectivity index (χ2n) is 9.92. The number of esters is 3. The fourth-order valence-electron chi connectivity index (χ4n) is 5.61. The largest absolute Gasteiger partial charge is 0.465 e. The van der Waals surface area contributed by atoms with Crippen molar-refractivity contribution in [2.45, 2.75) is 73.6 Å². The standard InChI is InChI=1S/C26H38O7/c1-17(12-14-31-18(2)27)7-9-22-21(15-32-19(3)28)8-10-23-25(22,5)13-11-24(30)26(23,6)16-33-20(4)29/h8,12,22-23H,7,9-11,13-16H2,1-6H3. The van der Waals surface area contributed by atoms with Crippen LogP contribution in [0.1, 0.15) is 73.6 Å². The average molecular weight is 463 g/mol. The number of allylic oxidation sites excluding steroid dienone is 2. The molecule has 184 valence electrons. The first kappa shape index (κ1) is 26.8. The number of carbonyl (C=O) groups is 4. The first-order valence-electron chi connectivity index (χ1n) is 11.7. The van der Waals surface area contributed by atoms with Crippen molar-refractivity contribution < 1.29 is 33.4 Å². The summed E-state index contributed by atoms with van der Waals surface area (Å²) in [6.07, 6.45) is 7.49. The monoisotopic (exact) mass is 462 g/mol. The van der Waals surface area contributed by atoms with E-state index in [-0.39, 0.29) is 60.8 Å². The lowest BCUT2D eigenvalue weighted by Gasteiger charge is -2.56. The molecule has 7 heteroatoms. The van der Waals surface area contributed by atoms with Crippen LogP contribution in [0.25, 0.3) is 0 Å². The maximum absolute atomic E-state index is 13.0. The van der Waals surface area contributed by atoms with E-state index in [4.69, 9.17) is 14.2 Å². The molecule has 0 amide bonds. The second kappa shape index (κ2) is 11.1. The molecule has 0 aromatic heterocycles. The number of ketones is 1. The van der Waals surface area contributed by atoms with Gasteiger partial charge in [-0.1, -0.05) is 18.6 Å². The number of Topliss-reactive ketones (excluding diaryl/α,β-unsaturated/α-hetero) is 1. The predicted octanol–water partition coefficient (Wildman–Crippen LogP) is 4.34. The molecule has 1 fully saturated rings. The van der Waals surface area contributed by atoms with E-state index in [1.54, 1.807) is 0 Å². The fraction of sp³-hybridized carbons (Fsp3) is 0.692. The van der Waals surface area contributed by atoms with Crippen LogP contribution in [-0.2, 0) is 33.4 Å². The van der Waals surface area contributed by atoms with Gasteiger partial charge in [-0.25, -0.2) is 0 Å². The van der Waals surface area contributed by atoms with Crippen molar-refractivity contribution in [2.24, 2.45) is 22.7 Å². The van der Waals surface area contributed by atoms with E-state index in [0.717, 1.165) is 30.4 Å². The Kier molecular flexibility index (Phi) is 9.04. The van der Waals surface area contributed by atoms with E-state index >= 15 is 0 Å². The fourth-order valence-corrected chi connectivity index (χ4v) is 5.61. The Morgan fingerprint density at radius 1 is 1.03 bits per heavy atom. The minimum absolute atomic E-state index is 0.0157. The molecule has 4 atom stereocenters. The number of hydrogen-bond acceptors (Lipinski definition) is 7. The van der Waals surface area contributed by atoms with Gasteiger partial charge in [0.05, 0.1) is 5.41 Å². The molecule has 7 nitrogen and oxygen atoms in total. The van der Waals surface area contributed by atoms with E-state index in [0.29, 0.717) is 12.8 Å². The van der Waals surface area contributed by atoms with Crippen LogP contribution in [0.15, 0.2) is 23.3 Å². The van der Waals surface area contributed by atoms with Gasteiger partial charge >= 0.3 is 17.9 Å². The number of fused-ring (bicyclic) bond motifs is 1. The third-order valence-electron chi connectivity index (χ3n) is 7.52. The van der Waals surface area contributed by atoms with Crippen molar-refractivity contribution in [2.75, 3.05) is 19.8 Å². The molecule has 4 unspecified atom stereocenters. The van der Waals surface area contributed by atoms with E-state index in [9.17, 15) is 19.2 Å². The zero-order valence-electron chi connectivity index (χ0n) is 20.8. The first-order chi connectivity index (χ1) is 15.4. The normalized spacial score (nSPS) is 29.6. The summed E-state index contributed by atoms with van der Waals surface area (Å²) in [4.78, 5) is 47.1. The van der Waals surface area contributed by atoms with E-state index in [1.165, 1.54) is 20.8 Å². The Balaban J connectivity index is 2.32. The maximum Gasteiger partial charge on any atom is 0.302 e. The molecule has 0 aromatic rings. The van der Waals surface area contributed by atoms with Gasteiger partial charge < -0.3 is 14.2 Å². The van der Waals surface area contributed by atoms with Crippen LogP contribution in [0, 0.1) is 22.7 Å². The minimum Gasteiger partial charge on any atom is -0.465 e. The highest BCUT2D eigenvalue weighted by atomic mass is 16.5. The lowest BCUT2D eigenvalue weighted by molar-refractivity contribution is -0.161. The molecule has 0 N–H and O–H groups in total. The average Bonchev–Trinajstić information content (AvgIpc) is 2.72.